The lowest BCUT2D eigenvalue weighted by atomic mass is 10.1. The van der Waals surface area contributed by atoms with Crippen molar-refractivity contribution < 1.29 is 0 Å². The Hall–Kier alpha value is -2.44. The van der Waals surface area contributed by atoms with Crippen LogP contribution in [0.4, 0.5) is 0 Å². The van der Waals surface area contributed by atoms with Crippen molar-refractivity contribution in [1.82, 2.24) is 0 Å². The molecule has 0 N–H and O–H groups in total. The highest BCUT2D eigenvalue weighted by molar-refractivity contribution is 5.45. The van der Waals surface area contributed by atoms with Crippen LogP contribution in [0.15, 0.2) is 48.5 Å². The number of hydrogen-bond donors (Lipinski definition) is 0. The van der Waals surface area contributed by atoms with Crippen molar-refractivity contribution in [2.45, 2.75) is 13.8 Å². The molecule has 0 spiro atoms. The molecule has 18 heavy (non-hydrogen) atoms. The normalized spacial score (nSPS) is 8.78. The van der Waals surface area contributed by atoms with Crippen LogP contribution < -0.4 is 0 Å². The SMILES string of the molecule is Cc1ccc(C#CC#Cc2ccc(C)cc2)cc1. The molecular weight excluding hydrogens is 216 g/mol. The van der Waals surface area contributed by atoms with Crippen molar-refractivity contribution in [3.8, 4) is 23.7 Å². The maximum Gasteiger partial charge on any atom is 0.0255 e. The summed E-state index contributed by atoms with van der Waals surface area (Å²) in [7, 11) is 0. The van der Waals surface area contributed by atoms with Crippen molar-refractivity contribution in [1.29, 1.82) is 0 Å². The predicted molar refractivity (Wildman–Crippen MR) is 76.1 cm³/mol. The van der Waals surface area contributed by atoms with E-state index >= 15 is 0 Å². The fourth-order valence-corrected chi connectivity index (χ4v) is 1.48. The minimum Gasteiger partial charge on any atom is -0.0581 e. The molecule has 0 aliphatic rings. The Kier molecular flexibility index (Phi) is 3.85. The quantitative estimate of drug-likeness (QED) is 0.605. The molecule has 0 unspecified atom stereocenters. The van der Waals surface area contributed by atoms with Gasteiger partial charge in [-0.1, -0.05) is 47.2 Å². The van der Waals surface area contributed by atoms with Gasteiger partial charge in [0.2, 0.25) is 0 Å². The minimum absolute atomic E-state index is 0.999. The standard InChI is InChI=1S/C18H14/c1-15-7-11-17(12-8-15)5-3-4-6-18-13-9-16(2)10-14-18/h7-14H,1-2H3. The summed E-state index contributed by atoms with van der Waals surface area (Å²) < 4.78 is 0. The first kappa shape index (κ1) is 12.0. The van der Waals surface area contributed by atoms with Gasteiger partial charge in [0.05, 0.1) is 0 Å². The molecule has 2 aromatic carbocycles. The van der Waals surface area contributed by atoms with Gasteiger partial charge >= 0.3 is 0 Å². The number of hydrogen-bond acceptors (Lipinski definition) is 0. The summed E-state index contributed by atoms with van der Waals surface area (Å²) in [4.78, 5) is 0. The van der Waals surface area contributed by atoms with Gasteiger partial charge in [-0.3, -0.25) is 0 Å². The summed E-state index contributed by atoms with van der Waals surface area (Å²) in [6.45, 7) is 4.13. The molecule has 0 nitrogen and oxygen atoms in total. The molecule has 0 fully saturated rings. The van der Waals surface area contributed by atoms with Crippen molar-refractivity contribution in [2.24, 2.45) is 0 Å². The van der Waals surface area contributed by atoms with E-state index in [1.54, 1.807) is 0 Å². The molecule has 0 radical (unpaired) electrons. The first-order valence-electron chi connectivity index (χ1n) is 5.89. The third-order valence-corrected chi connectivity index (χ3v) is 2.58. The largest absolute Gasteiger partial charge is 0.0581 e. The third kappa shape index (κ3) is 3.55. The Morgan fingerprint density at radius 3 is 1.22 bits per heavy atom. The van der Waals surface area contributed by atoms with Gasteiger partial charge in [0, 0.05) is 11.1 Å². The topological polar surface area (TPSA) is 0 Å². The first-order chi connectivity index (χ1) is 8.74. The molecule has 86 valence electrons. The summed E-state index contributed by atoms with van der Waals surface area (Å²) in [5.74, 6) is 11.8. The van der Waals surface area contributed by atoms with E-state index in [0.717, 1.165) is 11.1 Å². The molecule has 2 aromatic rings. The highest BCUT2D eigenvalue weighted by Gasteiger charge is 1.85. The molecule has 0 aromatic heterocycles. The van der Waals surface area contributed by atoms with Gasteiger partial charge in [-0.15, -0.1) is 0 Å². The summed E-state index contributed by atoms with van der Waals surface area (Å²) in [5, 5.41) is 0. The van der Waals surface area contributed by atoms with Gasteiger partial charge in [0.1, 0.15) is 0 Å². The zero-order valence-electron chi connectivity index (χ0n) is 10.6. The smallest absolute Gasteiger partial charge is 0.0255 e. The Morgan fingerprint density at radius 2 is 0.889 bits per heavy atom. The van der Waals surface area contributed by atoms with Gasteiger partial charge in [-0.05, 0) is 50.0 Å². The van der Waals surface area contributed by atoms with Crippen LogP contribution in [0, 0.1) is 37.5 Å². The summed E-state index contributed by atoms with van der Waals surface area (Å²) in [5.41, 5.74) is 4.48. The van der Waals surface area contributed by atoms with E-state index in [9.17, 15) is 0 Å². The van der Waals surface area contributed by atoms with E-state index in [0.29, 0.717) is 0 Å². The molecule has 0 aliphatic carbocycles. The fourth-order valence-electron chi connectivity index (χ4n) is 1.48. The third-order valence-electron chi connectivity index (χ3n) is 2.58. The van der Waals surface area contributed by atoms with Crippen LogP contribution in [0.1, 0.15) is 22.3 Å². The summed E-state index contributed by atoms with van der Waals surface area (Å²) in [6, 6.07) is 16.3. The molecule has 0 atom stereocenters. The van der Waals surface area contributed by atoms with Crippen LogP contribution in [0.3, 0.4) is 0 Å². The lowest BCUT2D eigenvalue weighted by molar-refractivity contribution is 1.46. The second-order valence-corrected chi connectivity index (χ2v) is 4.23. The lowest BCUT2D eigenvalue weighted by Crippen LogP contribution is -1.75. The van der Waals surface area contributed by atoms with Crippen LogP contribution in [-0.2, 0) is 0 Å². The van der Waals surface area contributed by atoms with Crippen LogP contribution >= 0.6 is 0 Å². The van der Waals surface area contributed by atoms with Crippen LogP contribution in [0.25, 0.3) is 0 Å². The van der Waals surface area contributed by atoms with Gasteiger partial charge in [-0.25, -0.2) is 0 Å². The van der Waals surface area contributed by atoms with E-state index < -0.39 is 0 Å². The van der Waals surface area contributed by atoms with E-state index in [1.165, 1.54) is 11.1 Å². The fraction of sp³-hybridized carbons (Fsp3) is 0.111. The average Bonchev–Trinajstić information content (AvgIpc) is 2.39. The molecule has 0 heteroatoms. The summed E-state index contributed by atoms with van der Waals surface area (Å²) >= 11 is 0. The maximum absolute atomic E-state index is 3.03. The Labute approximate surface area is 109 Å². The average molecular weight is 230 g/mol. The van der Waals surface area contributed by atoms with Crippen LogP contribution in [0.2, 0.25) is 0 Å². The van der Waals surface area contributed by atoms with E-state index in [4.69, 9.17) is 0 Å². The molecule has 0 amide bonds. The monoisotopic (exact) mass is 230 g/mol. The van der Waals surface area contributed by atoms with Gasteiger partial charge < -0.3 is 0 Å². The van der Waals surface area contributed by atoms with Gasteiger partial charge in [0.25, 0.3) is 0 Å². The Bertz CT molecular complexity index is 574. The number of benzene rings is 2. The zero-order valence-corrected chi connectivity index (χ0v) is 10.6. The number of aryl methyl sites for hydroxylation is 2. The second kappa shape index (κ2) is 5.76. The van der Waals surface area contributed by atoms with Gasteiger partial charge in [-0.2, -0.15) is 0 Å². The summed E-state index contributed by atoms with van der Waals surface area (Å²) in [6.07, 6.45) is 0. The van der Waals surface area contributed by atoms with Crippen molar-refractivity contribution >= 4 is 0 Å². The van der Waals surface area contributed by atoms with Crippen molar-refractivity contribution in [3.63, 3.8) is 0 Å². The van der Waals surface area contributed by atoms with Crippen molar-refractivity contribution in [3.05, 3.63) is 70.8 Å². The molecule has 0 aliphatic heterocycles. The zero-order chi connectivity index (χ0) is 12.8. The van der Waals surface area contributed by atoms with Crippen LogP contribution in [0.5, 0.6) is 0 Å². The molecule has 0 saturated heterocycles. The van der Waals surface area contributed by atoms with Crippen LogP contribution in [-0.4, -0.2) is 0 Å². The van der Waals surface area contributed by atoms with Gasteiger partial charge in [0.15, 0.2) is 0 Å². The maximum atomic E-state index is 3.03. The first-order valence-corrected chi connectivity index (χ1v) is 5.89. The second-order valence-electron chi connectivity index (χ2n) is 4.23. The molecule has 0 saturated carbocycles. The Balaban J connectivity index is 2.09. The molecular formula is C18H14. The lowest BCUT2D eigenvalue weighted by Gasteiger charge is -1.90. The van der Waals surface area contributed by atoms with Crippen molar-refractivity contribution in [2.75, 3.05) is 0 Å². The predicted octanol–water partition coefficient (Wildman–Crippen LogP) is 3.71. The molecule has 2 rings (SSSR count). The molecule has 0 heterocycles. The highest BCUT2D eigenvalue weighted by Crippen LogP contribution is 2.01. The van der Waals surface area contributed by atoms with E-state index in [-0.39, 0.29) is 0 Å². The molecule has 0 bridgehead atoms. The highest BCUT2D eigenvalue weighted by atomic mass is 13.9. The van der Waals surface area contributed by atoms with E-state index in [1.807, 2.05) is 24.3 Å². The minimum atomic E-state index is 0.999. The number of rotatable bonds is 0. The van der Waals surface area contributed by atoms with E-state index in [2.05, 4.69) is 61.8 Å². The Morgan fingerprint density at radius 1 is 0.556 bits per heavy atom.